The van der Waals surface area contributed by atoms with Crippen LogP contribution in [0.25, 0.3) is 22.0 Å². The Labute approximate surface area is 160 Å². The molecule has 0 bridgehead atoms. The Bertz CT molecular complexity index is 1220. The van der Waals surface area contributed by atoms with Crippen molar-refractivity contribution in [1.29, 1.82) is 0 Å². The van der Waals surface area contributed by atoms with Crippen molar-refractivity contribution in [2.24, 2.45) is 0 Å². The summed E-state index contributed by atoms with van der Waals surface area (Å²) in [6, 6.07) is 7.02. The summed E-state index contributed by atoms with van der Waals surface area (Å²) in [6.07, 6.45) is 3.25. The molecular formula is C22H19FN2O3. The summed E-state index contributed by atoms with van der Waals surface area (Å²) in [5, 5.41) is 12.8. The second-order valence-corrected chi connectivity index (χ2v) is 7.70. The number of halogens is 1. The van der Waals surface area contributed by atoms with Crippen molar-refractivity contribution in [3.63, 3.8) is 0 Å². The van der Waals surface area contributed by atoms with E-state index in [4.69, 9.17) is 0 Å². The molecule has 2 heterocycles. The molecule has 0 spiro atoms. The minimum absolute atomic E-state index is 0.118. The summed E-state index contributed by atoms with van der Waals surface area (Å²) >= 11 is 0. The molecule has 142 valence electrons. The zero-order valence-corrected chi connectivity index (χ0v) is 15.4. The predicted molar refractivity (Wildman–Crippen MR) is 104 cm³/mol. The maximum atomic E-state index is 15.0. The largest absolute Gasteiger partial charge is 0.477 e. The number of hydrogen-bond acceptors (Lipinski definition) is 3. The number of carboxylic acid groups (broad SMARTS) is 1. The predicted octanol–water partition coefficient (Wildman–Crippen LogP) is 3.75. The van der Waals surface area contributed by atoms with Crippen LogP contribution in [0.4, 0.5) is 4.39 Å². The highest BCUT2D eigenvalue weighted by Crippen LogP contribution is 2.38. The number of nitrogens with one attached hydrogen (secondary N) is 1. The van der Waals surface area contributed by atoms with Crippen LogP contribution in [-0.2, 0) is 13.1 Å². The van der Waals surface area contributed by atoms with Gasteiger partial charge in [-0.05, 0) is 60.2 Å². The maximum Gasteiger partial charge on any atom is 0.341 e. The van der Waals surface area contributed by atoms with E-state index in [-0.39, 0.29) is 17.0 Å². The van der Waals surface area contributed by atoms with Gasteiger partial charge >= 0.3 is 5.97 Å². The van der Waals surface area contributed by atoms with Gasteiger partial charge in [0.05, 0.1) is 5.52 Å². The van der Waals surface area contributed by atoms with E-state index < -0.39 is 17.2 Å². The molecule has 0 atom stereocenters. The van der Waals surface area contributed by atoms with Crippen molar-refractivity contribution in [3.05, 3.63) is 68.8 Å². The average Bonchev–Trinajstić information content (AvgIpc) is 3.38. The van der Waals surface area contributed by atoms with E-state index in [1.165, 1.54) is 17.8 Å². The lowest BCUT2D eigenvalue weighted by molar-refractivity contribution is 0.0695. The summed E-state index contributed by atoms with van der Waals surface area (Å²) in [4.78, 5) is 24.1. The number of benzene rings is 2. The van der Waals surface area contributed by atoms with Crippen molar-refractivity contribution < 1.29 is 14.3 Å². The molecule has 1 aromatic heterocycles. The minimum Gasteiger partial charge on any atom is -0.477 e. The van der Waals surface area contributed by atoms with Gasteiger partial charge in [-0.25, -0.2) is 9.18 Å². The van der Waals surface area contributed by atoms with Crippen molar-refractivity contribution in [2.45, 2.75) is 38.9 Å². The number of rotatable bonds is 3. The van der Waals surface area contributed by atoms with E-state index >= 15 is 4.39 Å². The average molecular weight is 378 g/mol. The smallest absolute Gasteiger partial charge is 0.341 e. The lowest BCUT2D eigenvalue weighted by Crippen LogP contribution is -2.19. The van der Waals surface area contributed by atoms with Crippen LogP contribution in [0.15, 0.2) is 35.3 Å². The lowest BCUT2D eigenvalue weighted by atomic mass is 9.95. The van der Waals surface area contributed by atoms with E-state index in [1.54, 1.807) is 6.07 Å². The van der Waals surface area contributed by atoms with Gasteiger partial charge in [0.25, 0.3) is 0 Å². The molecule has 0 radical (unpaired) electrons. The van der Waals surface area contributed by atoms with Crippen LogP contribution in [0.3, 0.4) is 0 Å². The van der Waals surface area contributed by atoms with Crippen molar-refractivity contribution in [1.82, 2.24) is 9.88 Å². The first-order valence-electron chi connectivity index (χ1n) is 9.39. The number of carbonyl (C=O) groups is 1. The number of hydrogen-bond donors (Lipinski definition) is 2. The summed E-state index contributed by atoms with van der Waals surface area (Å²) < 4.78 is 16.9. The van der Waals surface area contributed by atoms with E-state index in [0.29, 0.717) is 11.1 Å². The standard InChI is InChI=1S/C22H19FN2O3/c1-11-4-12(5-13-8-24-9-17(11)13)15-7-20-16(6-19(15)23)21(26)18(22(27)28)10-25(20)14-2-3-14/h4-7,10,14,24H,2-3,8-9H2,1H3,(H,27,28). The van der Waals surface area contributed by atoms with Gasteiger partial charge in [-0.1, -0.05) is 6.07 Å². The highest BCUT2D eigenvalue weighted by Gasteiger charge is 2.27. The lowest BCUT2D eigenvalue weighted by Gasteiger charge is -2.15. The first kappa shape index (κ1) is 17.1. The molecule has 1 fully saturated rings. The topological polar surface area (TPSA) is 71.3 Å². The van der Waals surface area contributed by atoms with Crippen LogP contribution in [0.5, 0.6) is 0 Å². The normalized spacial score (nSPS) is 15.8. The first-order chi connectivity index (χ1) is 13.4. The molecule has 0 saturated heterocycles. The van der Waals surface area contributed by atoms with Gasteiger partial charge in [0.2, 0.25) is 5.43 Å². The van der Waals surface area contributed by atoms with Gasteiger partial charge in [0.1, 0.15) is 11.4 Å². The third-order valence-electron chi connectivity index (χ3n) is 5.79. The zero-order chi connectivity index (χ0) is 19.6. The van der Waals surface area contributed by atoms with Gasteiger partial charge in [0, 0.05) is 36.3 Å². The maximum absolute atomic E-state index is 15.0. The van der Waals surface area contributed by atoms with Gasteiger partial charge < -0.3 is 15.0 Å². The summed E-state index contributed by atoms with van der Waals surface area (Å²) in [6.45, 7) is 3.60. The molecule has 1 saturated carbocycles. The third-order valence-corrected chi connectivity index (χ3v) is 5.79. The Kier molecular flexibility index (Phi) is 3.67. The fraction of sp³-hybridized carbons (Fsp3) is 0.273. The third kappa shape index (κ3) is 2.56. The molecule has 3 aromatic rings. The number of aromatic carboxylic acids is 1. The second-order valence-electron chi connectivity index (χ2n) is 7.70. The summed E-state index contributed by atoms with van der Waals surface area (Å²) in [5.74, 6) is -1.80. The van der Waals surface area contributed by atoms with Crippen LogP contribution in [-0.4, -0.2) is 15.6 Å². The fourth-order valence-corrected chi connectivity index (χ4v) is 4.18. The van der Waals surface area contributed by atoms with Gasteiger partial charge in [-0.2, -0.15) is 0 Å². The number of nitrogens with zero attached hydrogens (tertiary/aromatic N) is 1. The molecule has 28 heavy (non-hydrogen) atoms. The molecule has 0 amide bonds. The van der Waals surface area contributed by atoms with Crippen molar-refractivity contribution in [2.75, 3.05) is 0 Å². The molecule has 1 aliphatic carbocycles. The molecule has 2 N–H and O–H groups in total. The summed E-state index contributed by atoms with van der Waals surface area (Å²) in [7, 11) is 0. The quantitative estimate of drug-likeness (QED) is 0.728. The van der Waals surface area contributed by atoms with Crippen LogP contribution in [0.2, 0.25) is 0 Å². The van der Waals surface area contributed by atoms with Crippen LogP contribution in [0.1, 0.15) is 45.9 Å². The SMILES string of the molecule is Cc1cc(-c2cc3c(cc2F)c(=O)c(C(=O)O)cn3C2CC2)cc2c1CNC2. The Hall–Kier alpha value is -2.99. The fourth-order valence-electron chi connectivity index (χ4n) is 4.18. The van der Waals surface area contributed by atoms with Crippen LogP contribution >= 0.6 is 0 Å². The molecular weight excluding hydrogens is 359 g/mol. The molecule has 2 aliphatic rings. The van der Waals surface area contributed by atoms with Gasteiger partial charge in [-0.15, -0.1) is 0 Å². The van der Waals surface area contributed by atoms with Crippen LogP contribution in [0, 0.1) is 12.7 Å². The van der Waals surface area contributed by atoms with E-state index in [0.717, 1.165) is 42.6 Å². The Morgan fingerprint density at radius 3 is 2.71 bits per heavy atom. The first-order valence-corrected chi connectivity index (χ1v) is 9.39. The monoisotopic (exact) mass is 378 g/mol. The number of aromatic nitrogens is 1. The van der Waals surface area contributed by atoms with E-state index in [2.05, 4.69) is 5.32 Å². The highest BCUT2D eigenvalue weighted by atomic mass is 19.1. The van der Waals surface area contributed by atoms with Crippen molar-refractivity contribution in [3.8, 4) is 11.1 Å². The van der Waals surface area contributed by atoms with E-state index in [9.17, 15) is 14.7 Å². The van der Waals surface area contributed by atoms with Gasteiger partial charge in [-0.3, -0.25) is 4.79 Å². The minimum atomic E-state index is -1.28. The molecule has 1 aliphatic heterocycles. The van der Waals surface area contributed by atoms with Crippen LogP contribution < -0.4 is 10.7 Å². The molecule has 0 unspecified atom stereocenters. The van der Waals surface area contributed by atoms with E-state index in [1.807, 2.05) is 23.6 Å². The number of carboxylic acids is 1. The summed E-state index contributed by atoms with van der Waals surface area (Å²) in [5.41, 5.74) is 4.37. The number of pyridine rings is 1. The molecule has 5 nitrogen and oxygen atoms in total. The Morgan fingerprint density at radius 1 is 1.21 bits per heavy atom. The second kappa shape index (κ2) is 6.01. The molecule has 2 aromatic carbocycles. The van der Waals surface area contributed by atoms with Gasteiger partial charge in [0.15, 0.2) is 0 Å². The van der Waals surface area contributed by atoms with Crippen molar-refractivity contribution >= 4 is 16.9 Å². The zero-order valence-electron chi connectivity index (χ0n) is 15.4. The Morgan fingerprint density at radius 2 is 2.00 bits per heavy atom. The highest BCUT2D eigenvalue weighted by molar-refractivity contribution is 5.94. The number of fused-ring (bicyclic) bond motifs is 2. The Balaban J connectivity index is 1.78. The molecule has 6 heteroatoms. The number of aryl methyl sites for hydroxylation is 1. The molecule has 5 rings (SSSR count).